The van der Waals surface area contributed by atoms with E-state index in [0.29, 0.717) is 17.3 Å². The van der Waals surface area contributed by atoms with Crippen LogP contribution in [0.2, 0.25) is 5.02 Å². The Morgan fingerprint density at radius 2 is 2.05 bits per heavy atom. The summed E-state index contributed by atoms with van der Waals surface area (Å²) in [5.41, 5.74) is 0. The first-order valence-electron chi connectivity index (χ1n) is 5.54. The molecule has 1 amide bonds. The van der Waals surface area contributed by atoms with E-state index in [9.17, 15) is 9.59 Å². The molecule has 0 aliphatic carbocycles. The Morgan fingerprint density at radius 1 is 1.37 bits per heavy atom. The van der Waals surface area contributed by atoms with Crippen molar-refractivity contribution in [1.82, 2.24) is 4.90 Å². The van der Waals surface area contributed by atoms with Crippen LogP contribution in [-0.2, 0) is 9.59 Å². The van der Waals surface area contributed by atoms with Crippen molar-refractivity contribution >= 4 is 23.5 Å². The lowest BCUT2D eigenvalue weighted by Gasteiger charge is -2.15. The molecule has 0 bridgehead atoms. The third kappa shape index (κ3) is 5.44. The molecule has 0 aliphatic heterocycles. The SMILES string of the molecule is CN(CCOc1ccccc1Cl)C(=O)/C=C/C(=O)O. The van der Waals surface area contributed by atoms with Crippen molar-refractivity contribution in [2.75, 3.05) is 20.2 Å². The van der Waals surface area contributed by atoms with Crippen molar-refractivity contribution in [2.24, 2.45) is 0 Å². The van der Waals surface area contributed by atoms with Crippen molar-refractivity contribution in [3.8, 4) is 5.75 Å². The maximum atomic E-state index is 11.5. The molecule has 19 heavy (non-hydrogen) atoms. The van der Waals surface area contributed by atoms with E-state index in [0.717, 1.165) is 12.2 Å². The minimum atomic E-state index is -1.16. The standard InChI is InChI=1S/C13H14ClNO4/c1-15(12(16)6-7-13(17)18)8-9-19-11-5-3-2-4-10(11)14/h2-7H,8-9H2,1H3,(H,17,18)/b7-6+. The molecule has 0 unspecified atom stereocenters. The van der Waals surface area contributed by atoms with Gasteiger partial charge in [0.05, 0.1) is 11.6 Å². The van der Waals surface area contributed by atoms with E-state index in [1.165, 1.54) is 4.90 Å². The van der Waals surface area contributed by atoms with Gasteiger partial charge < -0.3 is 14.7 Å². The van der Waals surface area contributed by atoms with Gasteiger partial charge in [-0.05, 0) is 12.1 Å². The highest BCUT2D eigenvalue weighted by molar-refractivity contribution is 6.32. The summed E-state index contributed by atoms with van der Waals surface area (Å²) >= 11 is 5.90. The van der Waals surface area contributed by atoms with Crippen LogP contribution in [0.3, 0.4) is 0 Å². The zero-order chi connectivity index (χ0) is 14.3. The Kier molecular flexibility index (Phi) is 5.89. The van der Waals surface area contributed by atoms with Crippen molar-refractivity contribution < 1.29 is 19.4 Å². The molecule has 0 heterocycles. The molecular formula is C13H14ClNO4. The van der Waals surface area contributed by atoms with Gasteiger partial charge in [-0.25, -0.2) is 4.79 Å². The molecule has 1 N–H and O–H groups in total. The van der Waals surface area contributed by atoms with Crippen LogP contribution in [0.15, 0.2) is 36.4 Å². The lowest BCUT2D eigenvalue weighted by atomic mass is 10.3. The number of aliphatic carboxylic acids is 1. The zero-order valence-corrected chi connectivity index (χ0v) is 11.1. The van der Waals surface area contributed by atoms with Crippen molar-refractivity contribution in [1.29, 1.82) is 0 Å². The van der Waals surface area contributed by atoms with Gasteiger partial charge in [0.2, 0.25) is 5.91 Å². The summed E-state index contributed by atoms with van der Waals surface area (Å²) in [6.07, 6.45) is 1.80. The molecule has 5 nitrogen and oxygen atoms in total. The van der Waals surface area contributed by atoms with E-state index in [1.54, 1.807) is 31.3 Å². The van der Waals surface area contributed by atoms with Crippen LogP contribution in [-0.4, -0.2) is 42.1 Å². The first-order valence-corrected chi connectivity index (χ1v) is 5.92. The van der Waals surface area contributed by atoms with Gasteiger partial charge in [-0.1, -0.05) is 23.7 Å². The van der Waals surface area contributed by atoms with E-state index in [1.807, 2.05) is 0 Å². The molecule has 0 aromatic heterocycles. The Hall–Kier alpha value is -2.01. The third-order valence-corrected chi connectivity index (χ3v) is 2.58. The van der Waals surface area contributed by atoms with Crippen molar-refractivity contribution in [3.63, 3.8) is 0 Å². The van der Waals surface area contributed by atoms with Crippen LogP contribution < -0.4 is 4.74 Å². The van der Waals surface area contributed by atoms with Crippen LogP contribution in [0.1, 0.15) is 0 Å². The van der Waals surface area contributed by atoms with Crippen molar-refractivity contribution in [2.45, 2.75) is 0 Å². The summed E-state index contributed by atoms with van der Waals surface area (Å²) < 4.78 is 5.42. The van der Waals surface area contributed by atoms with E-state index in [4.69, 9.17) is 21.4 Å². The highest BCUT2D eigenvalue weighted by Crippen LogP contribution is 2.22. The average molecular weight is 284 g/mol. The number of likely N-dealkylation sites (N-methyl/N-ethyl adjacent to an activating group) is 1. The molecule has 0 saturated carbocycles. The van der Waals surface area contributed by atoms with Gasteiger partial charge in [-0.3, -0.25) is 4.79 Å². The summed E-state index contributed by atoms with van der Waals surface area (Å²) in [7, 11) is 1.56. The van der Waals surface area contributed by atoms with Crippen LogP contribution in [0.4, 0.5) is 0 Å². The van der Waals surface area contributed by atoms with E-state index >= 15 is 0 Å². The number of halogens is 1. The first-order chi connectivity index (χ1) is 9.00. The quantitative estimate of drug-likeness (QED) is 0.809. The van der Waals surface area contributed by atoms with Gasteiger partial charge in [-0.15, -0.1) is 0 Å². The predicted octanol–water partition coefficient (Wildman–Crippen LogP) is 1.82. The molecule has 1 rings (SSSR count). The number of hydrogen-bond acceptors (Lipinski definition) is 3. The van der Waals surface area contributed by atoms with Crippen LogP contribution in [0.5, 0.6) is 5.75 Å². The second-order valence-electron chi connectivity index (χ2n) is 3.71. The van der Waals surface area contributed by atoms with Crippen LogP contribution >= 0.6 is 11.6 Å². The highest BCUT2D eigenvalue weighted by Gasteiger charge is 2.06. The highest BCUT2D eigenvalue weighted by atomic mass is 35.5. The second kappa shape index (κ2) is 7.43. The Bertz CT molecular complexity index is 487. The number of rotatable bonds is 6. The van der Waals surface area contributed by atoms with E-state index < -0.39 is 11.9 Å². The summed E-state index contributed by atoms with van der Waals surface area (Å²) in [5.74, 6) is -1.01. The molecule has 0 spiro atoms. The largest absolute Gasteiger partial charge is 0.490 e. The normalized spacial score (nSPS) is 10.4. The molecule has 6 heteroatoms. The molecule has 1 aromatic carbocycles. The van der Waals surface area contributed by atoms with Gasteiger partial charge in [0.15, 0.2) is 0 Å². The summed E-state index contributed by atoms with van der Waals surface area (Å²) in [4.78, 5) is 23.1. The number of ether oxygens (including phenoxy) is 1. The Balaban J connectivity index is 2.39. The summed E-state index contributed by atoms with van der Waals surface area (Å²) in [6.45, 7) is 0.598. The first kappa shape index (κ1) is 15.0. The van der Waals surface area contributed by atoms with Gasteiger partial charge in [0.25, 0.3) is 0 Å². The van der Waals surface area contributed by atoms with Crippen molar-refractivity contribution in [3.05, 3.63) is 41.4 Å². The topological polar surface area (TPSA) is 66.8 Å². The Labute approximate surface area is 116 Å². The maximum Gasteiger partial charge on any atom is 0.328 e. The zero-order valence-electron chi connectivity index (χ0n) is 10.4. The number of carboxylic acids is 1. The predicted molar refractivity (Wildman–Crippen MR) is 71.4 cm³/mol. The molecule has 0 atom stereocenters. The fourth-order valence-corrected chi connectivity index (χ4v) is 1.42. The molecule has 0 radical (unpaired) electrons. The fourth-order valence-electron chi connectivity index (χ4n) is 1.23. The van der Waals surface area contributed by atoms with Crippen LogP contribution in [0.25, 0.3) is 0 Å². The summed E-state index contributed by atoms with van der Waals surface area (Å²) in [6, 6.07) is 7.03. The van der Waals surface area contributed by atoms with Crippen LogP contribution in [0, 0.1) is 0 Å². The van der Waals surface area contributed by atoms with Gasteiger partial charge in [0, 0.05) is 19.2 Å². The minimum Gasteiger partial charge on any atom is -0.490 e. The van der Waals surface area contributed by atoms with E-state index in [-0.39, 0.29) is 6.61 Å². The average Bonchev–Trinajstić information content (AvgIpc) is 2.38. The Morgan fingerprint density at radius 3 is 2.68 bits per heavy atom. The number of carboxylic acid groups (broad SMARTS) is 1. The summed E-state index contributed by atoms with van der Waals surface area (Å²) in [5, 5.41) is 8.90. The smallest absolute Gasteiger partial charge is 0.328 e. The number of nitrogens with zero attached hydrogens (tertiary/aromatic N) is 1. The minimum absolute atomic E-state index is 0.271. The van der Waals surface area contributed by atoms with Gasteiger partial charge >= 0.3 is 5.97 Å². The van der Waals surface area contributed by atoms with E-state index in [2.05, 4.69) is 0 Å². The number of carbonyl (C=O) groups excluding carboxylic acids is 1. The second-order valence-corrected chi connectivity index (χ2v) is 4.12. The molecular weight excluding hydrogens is 270 g/mol. The molecule has 0 saturated heterocycles. The number of hydrogen-bond donors (Lipinski definition) is 1. The molecule has 0 fully saturated rings. The lowest BCUT2D eigenvalue weighted by molar-refractivity contribution is -0.132. The number of para-hydroxylation sites is 1. The number of amides is 1. The van der Waals surface area contributed by atoms with Gasteiger partial charge in [-0.2, -0.15) is 0 Å². The van der Waals surface area contributed by atoms with Gasteiger partial charge in [0.1, 0.15) is 12.4 Å². The fraction of sp³-hybridized carbons (Fsp3) is 0.231. The molecule has 102 valence electrons. The maximum absolute atomic E-state index is 11.5. The third-order valence-electron chi connectivity index (χ3n) is 2.27. The number of benzene rings is 1. The molecule has 1 aromatic rings. The number of carbonyl (C=O) groups is 2. The lowest BCUT2D eigenvalue weighted by Crippen LogP contribution is -2.29. The monoisotopic (exact) mass is 283 g/mol. The molecule has 0 aliphatic rings.